The number of diazo groups is 1. The molecule has 1 amide bonds. The van der Waals surface area contributed by atoms with Crippen LogP contribution < -0.4 is 4.90 Å². The molecule has 0 aromatic heterocycles. The molecule has 0 bridgehead atoms. The summed E-state index contributed by atoms with van der Waals surface area (Å²) in [5.74, 6) is -0.299. The molecule has 110 valence electrons. The van der Waals surface area contributed by atoms with Crippen LogP contribution in [0.2, 0.25) is 0 Å². The van der Waals surface area contributed by atoms with Crippen LogP contribution in [0.25, 0.3) is 4.98 Å². The fourth-order valence-electron chi connectivity index (χ4n) is 2.07. The summed E-state index contributed by atoms with van der Waals surface area (Å²) in [5.41, 5.74) is 1.52. The molecular weight excluding hydrogens is 278 g/mol. The molecule has 0 radical (unpaired) electrons. The van der Waals surface area contributed by atoms with E-state index in [1.54, 1.807) is 4.90 Å². The number of amides is 1. The van der Waals surface area contributed by atoms with Crippen LogP contribution in [-0.2, 0) is 4.79 Å². The fraction of sp³-hybridized carbons (Fsp3) is 0.118. The van der Waals surface area contributed by atoms with Crippen LogP contribution in [-0.4, -0.2) is 11.0 Å². The van der Waals surface area contributed by atoms with E-state index in [9.17, 15) is 9.90 Å². The number of benzene rings is 2. The van der Waals surface area contributed by atoms with Crippen molar-refractivity contribution < 1.29 is 9.90 Å². The number of aliphatic hydroxyl groups is 1. The van der Waals surface area contributed by atoms with E-state index in [0.717, 1.165) is 17.6 Å². The predicted molar refractivity (Wildman–Crippen MR) is 85.1 cm³/mol. The Morgan fingerprint density at radius 1 is 1.00 bits per heavy atom. The number of hydrogen-bond acceptors (Lipinski definition) is 3. The molecule has 1 N–H and O–H groups in total. The van der Waals surface area contributed by atoms with Gasteiger partial charge in [-0.1, -0.05) is 36.4 Å². The third kappa shape index (κ3) is 3.93. The maximum absolute atomic E-state index is 12.5. The van der Waals surface area contributed by atoms with Crippen LogP contribution in [0.4, 0.5) is 11.4 Å². The molecule has 5 heteroatoms. The van der Waals surface area contributed by atoms with Crippen molar-refractivity contribution in [3.05, 3.63) is 77.6 Å². The molecule has 0 spiro atoms. The quantitative estimate of drug-likeness (QED) is 0.657. The second-order valence-corrected chi connectivity index (χ2v) is 4.64. The smallest absolute Gasteiger partial charge is 0.387 e. The predicted octanol–water partition coefficient (Wildman–Crippen LogP) is 4.38. The fourth-order valence-corrected chi connectivity index (χ4v) is 2.07. The summed E-state index contributed by atoms with van der Waals surface area (Å²) in [4.78, 5) is 16.9. The highest BCUT2D eigenvalue weighted by Crippen LogP contribution is 2.26. The summed E-state index contributed by atoms with van der Waals surface area (Å²) in [6.45, 7) is 0. The highest BCUT2D eigenvalue weighted by atomic mass is 16.3. The maximum atomic E-state index is 12.5. The molecule has 0 aliphatic carbocycles. The average molecular weight is 294 g/mol. The van der Waals surface area contributed by atoms with Gasteiger partial charge in [0.2, 0.25) is 11.3 Å². The van der Waals surface area contributed by atoms with Gasteiger partial charge in [-0.05, 0) is 24.3 Å². The molecular formula is C17H16N3O2+. The van der Waals surface area contributed by atoms with Crippen molar-refractivity contribution in [1.29, 1.82) is 5.39 Å². The van der Waals surface area contributed by atoms with Gasteiger partial charge in [-0.3, -0.25) is 9.69 Å². The number of carbonyl (C=O) groups excluding carboxylic acids is 1. The number of para-hydroxylation sites is 2. The first kappa shape index (κ1) is 15.3. The molecule has 2 aromatic rings. The molecule has 0 unspecified atom stereocenters. The summed E-state index contributed by atoms with van der Waals surface area (Å²) in [6.07, 6.45) is 1.13. The molecule has 0 saturated carbocycles. The molecule has 0 fully saturated rings. The first-order chi connectivity index (χ1) is 10.7. The third-order valence-corrected chi connectivity index (χ3v) is 3.08. The van der Waals surface area contributed by atoms with Gasteiger partial charge in [-0.2, -0.15) is 0 Å². The standard InChI is InChI=1S/C17H15N3O2/c18-19-13-16(21)11-12-17(22)20(14-7-3-1-4-8-14)15-9-5-2-6-10-15/h1-10,13H,11-12H2/p+1. The van der Waals surface area contributed by atoms with E-state index in [4.69, 9.17) is 5.39 Å². The van der Waals surface area contributed by atoms with Gasteiger partial charge in [0.05, 0.1) is 0 Å². The van der Waals surface area contributed by atoms with Gasteiger partial charge in [0.15, 0.2) is 10.7 Å². The van der Waals surface area contributed by atoms with Crippen molar-refractivity contribution in [1.82, 2.24) is 0 Å². The lowest BCUT2D eigenvalue weighted by Crippen LogP contribution is -2.25. The number of aliphatic hydroxyl groups excluding tert-OH is 1. The minimum absolute atomic E-state index is 0.0989. The van der Waals surface area contributed by atoms with Gasteiger partial charge in [-0.15, -0.1) is 0 Å². The van der Waals surface area contributed by atoms with E-state index in [0.29, 0.717) is 0 Å². The third-order valence-electron chi connectivity index (χ3n) is 3.08. The summed E-state index contributed by atoms with van der Waals surface area (Å²) in [7, 11) is 0. The van der Waals surface area contributed by atoms with Crippen LogP contribution >= 0.6 is 0 Å². The minimum Gasteiger partial charge on any atom is -0.505 e. The van der Waals surface area contributed by atoms with Crippen molar-refractivity contribution in [2.45, 2.75) is 12.8 Å². The normalized spacial score (nSPS) is 10.8. The zero-order valence-electron chi connectivity index (χ0n) is 12.0. The SMILES string of the molecule is N#[N+]C=C(O)CCC(=O)N(c1ccccc1)c1ccccc1. The second-order valence-electron chi connectivity index (χ2n) is 4.64. The van der Waals surface area contributed by atoms with Gasteiger partial charge >= 0.3 is 6.20 Å². The minimum atomic E-state index is -0.157. The molecule has 5 nitrogen and oxygen atoms in total. The average Bonchev–Trinajstić information content (AvgIpc) is 2.55. The van der Waals surface area contributed by atoms with Crippen LogP contribution in [0, 0.1) is 5.39 Å². The topological polar surface area (TPSA) is 68.7 Å². The van der Waals surface area contributed by atoms with Crippen molar-refractivity contribution in [3.8, 4) is 0 Å². The van der Waals surface area contributed by atoms with E-state index in [1.807, 2.05) is 60.7 Å². The van der Waals surface area contributed by atoms with Crippen molar-refractivity contribution >= 4 is 17.3 Å². The molecule has 0 aliphatic heterocycles. The lowest BCUT2D eigenvalue weighted by Gasteiger charge is -2.23. The van der Waals surface area contributed by atoms with Crippen LogP contribution in [0.15, 0.2) is 72.6 Å². The number of rotatable bonds is 5. The number of nitrogens with zero attached hydrogens (tertiary/aromatic N) is 3. The van der Waals surface area contributed by atoms with Crippen molar-refractivity contribution in [2.24, 2.45) is 0 Å². The summed E-state index contributed by atoms with van der Waals surface area (Å²) < 4.78 is 0. The Bertz CT molecular complexity index is 651. The maximum Gasteiger partial charge on any atom is 0.387 e. The summed E-state index contributed by atoms with van der Waals surface area (Å²) >= 11 is 0. The lowest BCUT2D eigenvalue weighted by atomic mass is 10.2. The van der Waals surface area contributed by atoms with Crippen LogP contribution in [0.1, 0.15) is 12.8 Å². The van der Waals surface area contributed by atoms with E-state index in [1.165, 1.54) is 0 Å². The molecule has 0 aliphatic rings. The van der Waals surface area contributed by atoms with Gasteiger partial charge < -0.3 is 5.11 Å². The Morgan fingerprint density at radius 2 is 1.50 bits per heavy atom. The van der Waals surface area contributed by atoms with Crippen molar-refractivity contribution in [3.63, 3.8) is 0 Å². The van der Waals surface area contributed by atoms with Gasteiger partial charge in [-0.25, -0.2) is 0 Å². The zero-order valence-corrected chi connectivity index (χ0v) is 12.0. The molecule has 0 heterocycles. The highest BCUT2D eigenvalue weighted by molar-refractivity contribution is 6.00. The number of carbonyl (C=O) groups is 1. The first-order valence-electron chi connectivity index (χ1n) is 6.87. The Labute approximate surface area is 128 Å². The van der Waals surface area contributed by atoms with Gasteiger partial charge in [0.25, 0.3) is 0 Å². The lowest BCUT2D eigenvalue weighted by molar-refractivity contribution is -0.118. The Kier molecular flexibility index (Phi) is 5.27. The first-order valence-corrected chi connectivity index (χ1v) is 6.87. The van der Waals surface area contributed by atoms with Gasteiger partial charge in [0, 0.05) is 24.2 Å². The summed E-state index contributed by atoms with van der Waals surface area (Å²) in [6, 6.07) is 18.6. The van der Waals surface area contributed by atoms with E-state index < -0.39 is 0 Å². The number of hydrogen-bond donors (Lipinski definition) is 1. The monoisotopic (exact) mass is 294 g/mol. The Balaban J connectivity index is 2.24. The van der Waals surface area contributed by atoms with E-state index >= 15 is 0 Å². The summed E-state index contributed by atoms with van der Waals surface area (Å²) in [5, 5.41) is 17.8. The number of allylic oxidation sites excluding steroid dienone is 1. The number of anilines is 2. The van der Waals surface area contributed by atoms with Gasteiger partial charge in [0.1, 0.15) is 0 Å². The van der Waals surface area contributed by atoms with E-state index in [-0.39, 0.29) is 24.5 Å². The molecule has 0 atom stereocenters. The zero-order chi connectivity index (χ0) is 15.8. The van der Waals surface area contributed by atoms with Crippen LogP contribution in [0.5, 0.6) is 0 Å². The van der Waals surface area contributed by atoms with Crippen LogP contribution in [0.3, 0.4) is 0 Å². The second kappa shape index (κ2) is 7.60. The highest BCUT2D eigenvalue weighted by Gasteiger charge is 2.18. The largest absolute Gasteiger partial charge is 0.505 e. The molecule has 0 saturated heterocycles. The molecule has 22 heavy (non-hydrogen) atoms. The van der Waals surface area contributed by atoms with Crippen molar-refractivity contribution in [2.75, 3.05) is 4.90 Å². The molecule has 2 rings (SSSR count). The Hall–Kier alpha value is -3.13. The Morgan fingerprint density at radius 3 is 1.95 bits per heavy atom. The molecule has 2 aromatic carbocycles. The van der Waals surface area contributed by atoms with E-state index in [2.05, 4.69) is 4.98 Å².